The molecule has 21 heavy (non-hydrogen) atoms. The number of benzene rings is 1. The van der Waals surface area contributed by atoms with Crippen LogP contribution in [0.2, 0.25) is 5.02 Å². The molecule has 1 aromatic carbocycles. The van der Waals surface area contributed by atoms with Crippen molar-refractivity contribution in [3.8, 4) is 11.3 Å². The molecule has 0 aliphatic rings. The molecule has 0 aliphatic heterocycles. The van der Waals surface area contributed by atoms with E-state index in [2.05, 4.69) is 4.98 Å². The number of thiazole rings is 1. The third-order valence-corrected chi connectivity index (χ3v) is 3.70. The molecule has 0 amide bonds. The number of nitrogens with zero attached hydrogens (tertiary/aromatic N) is 2. The summed E-state index contributed by atoms with van der Waals surface area (Å²) >= 11 is 6.73. The number of hydrogen-bond acceptors (Lipinski definition) is 7. The van der Waals surface area contributed by atoms with Gasteiger partial charge in [-0.3, -0.25) is 10.1 Å². The van der Waals surface area contributed by atoms with Crippen LogP contribution in [0.25, 0.3) is 11.3 Å². The Morgan fingerprint density at radius 2 is 2.29 bits per heavy atom. The van der Waals surface area contributed by atoms with E-state index in [1.807, 2.05) is 0 Å². The molecule has 2 rings (SSSR count). The Bertz CT molecular complexity index is 717. The standard InChI is InChI=1S/C12H10ClN3O4S/c1-2-20-11(17)10-9(15-12(14)21-10)6-3-4-7(13)8(5-6)16(18)19/h3-5H,2H2,1H3,(H2,14,15). The van der Waals surface area contributed by atoms with Gasteiger partial charge in [-0.2, -0.15) is 0 Å². The topological polar surface area (TPSA) is 108 Å². The maximum atomic E-state index is 11.9. The number of ether oxygens (including phenoxy) is 1. The highest BCUT2D eigenvalue weighted by atomic mass is 35.5. The lowest BCUT2D eigenvalue weighted by molar-refractivity contribution is -0.384. The lowest BCUT2D eigenvalue weighted by Crippen LogP contribution is -2.04. The van der Waals surface area contributed by atoms with Crippen molar-refractivity contribution in [2.45, 2.75) is 6.92 Å². The zero-order chi connectivity index (χ0) is 15.6. The summed E-state index contributed by atoms with van der Waals surface area (Å²) in [5.74, 6) is -0.570. The number of esters is 1. The van der Waals surface area contributed by atoms with Crippen molar-refractivity contribution in [1.82, 2.24) is 4.98 Å². The molecule has 0 spiro atoms. The lowest BCUT2D eigenvalue weighted by Gasteiger charge is -2.03. The zero-order valence-corrected chi connectivity index (χ0v) is 12.4. The molecule has 9 heteroatoms. The minimum absolute atomic E-state index is 0.00429. The molecule has 0 atom stereocenters. The maximum absolute atomic E-state index is 11.9. The van der Waals surface area contributed by atoms with Crippen LogP contribution >= 0.6 is 22.9 Å². The predicted molar refractivity (Wildman–Crippen MR) is 79.6 cm³/mol. The quantitative estimate of drug-likeness (QED) is 0.525. The van der Waals surface area contributed by atoms with Crippen LogP contribution in [0.4, 0.5) is 10.8 Å². The number of carbonyl (C=O) groups excluding carboxylic acids is 1. The summed E-state index contributed by atoms with van der Waals surface area (Å²) < 4.78 is 4.92. The van der Waals surface area contributed by atoms with Crippen LogP contribution in [0.3, 0.4) is 0 Å². The van der Waals surface area contributed by atoms with Crippen LogP contribution in [-0.2, 0) is 4.74 Å². The van der Waals surface area contributed by atoms with Gasteiger partial charge in [-0.05, 0) is 13.0 Å². The Kier molecular flexibility index (Phi) is 4.39. The molecule has 0 bridgehead atoms. The van der Waals surface area contributed by atoms with Crippen LogP contribution in [0.15, 0.2) is 18.2 Å². The van der Waals surface area contributed by atoms with E-state index in [9.17, 15) is 14.9 Å². The van der Waals surface area contributed by atoms with Gasteiger partial charge >= 0.3 is 5.97 Å². The van der Waals surface area contributed by atoms with Crippen LogP contribution in [0.1, 0.15) is 16.6 Å². The Balaban J connectivity index is 2.54. The average Bonchev–Trinajstić information content (AvgIpc) is 2.81. The third-order valence-electron chi connectivity index (χ3n) is 2.52. The molecule has 1 heterocycles. The van der Waals surface area contributed by atoms with Crippen molar-refractivity contribution in [1.29, 1.82) is 0 Å². The third kappa shape index (κ3) is 3.11. The number of nitrogens with two attached hydrogens (primary N) is 1. The van der Waals surface area contributed by atoms with Gasteiger partial charge in [0, 0.05) is 11.6 Å². The fraction of sp³-hybridized carbons (Fsp3) is 0.167. The molecule has 7 nitrogen and oxygen atoms in total. The molecule has 110 valence electrons. The molecule has 2 aromatic rings. The first-order valence-electron chi connectivity index (χ1n) is 5.81. The highest BCUT2D eigenvalue weighted by Crippen LogP contribution is 2.34. The largest absolute Gasteiger partial charge is 0.462 e. The molecule has 0 aliphatic carbocycles. The van der Waals surface area contributed by atoms with E-state index in [-0.39, 0.29) is 33.0 Å². The van der Waals surface area contributed by atoms with E-state index in [0.717, 1.165) is 11.3 Å². The van der Waals surface area contributed by atoms with Gasteiger partial charge in [-0.15, -0.1) is 0 Å². The number of nitrogen functional groups attached to an aromatic ring is 1. The Morgan fingerprint density at radius 3 is 2.90 bits per heavy atom. The SMILES string of the molecule is CCOC(=O)c1sc(N)nc1-c1ccc(Cl)c([N+](=O)[O-])c1. The molecule has 0 radical (unpaired) electrons. The van der Waals surface area contributed by atoms with E-state index >= 15 is 0 Å². The second-order valence-corrected chi connectivity index (χ2v) is 5.31. The van der Waals surface area contributed by atoms with Crippen LogP contribution in [-0.4, -0.2) is 22.5 Å². The fourth-order valence-corrected chi connectivity index (χ4v) is 2.60. The van der Waals surface area contributed by atoms with Gasteiger partial charge < -0.3 is 10.5 Å². The second kappa shape index (κ2) is 6.06. The van der Waals surface area contributed by atoms with Crippen molar-refractivity contribution in [2.24, 2.45) is 0 Å². The van der Waals surface area contributed by atoms with Crippen LogP contribution in [0.5, 0.6) is 0 Å². The number of nitro groups is 1. The normalized spacial score (nSPS) is 10.4. The average molecular weight is 328 g/mol. The maximum Gasteiger partial charge on any atom is 0.350 e. The summed E-state index contributed by atoms with van der Waals surface area (Å²) in [5, 5.41) is 11.1. The van der Waals surface area contributed by atoms with Gasteiger partial charge in [0.1, 0.15) is 9.90 Å². The predicted octanol–water partition coefficient (Wildman–Crippen LogP) is 3.13. The number of rotatable bonds is 4. The molecule has 0 fully saturated rings. The molecular weight excluding hydrogens is 318 g/mol. The van der Waals surface area contributed by atoms with Gasteiger partial charge in [-0.25, -0.2) is 9.78 Å². The highest BCUT2D eigenvalue weighted by molar-refractivity contribution is 7.17. The first-order chi connectivity index (χ1) is 9.93. The number of nitro benzene ring substituents is 1. The number of halogens is 1. The number of anilines is 1. The summed E-state index contributed by atoms with van der Waals surface area (Å²) in [7, 11) is 0. The minimum Gasteiger partial charge on any atom is -0.462 e. The molecular formula is C12H10ClN3O4S. The molecule has 0 saturated carbocycles. The summed E-state index contributed by atoms with van der Waals surface area (Å²) in [6.07, 6.45) is 0. The molecule has 1 aromatic heterocycles. The summed E-state index contributed by atoms with van der Waals surface area (Å²) in [5.41, 5.74) is 5.97. The first kappa shape index (κ1) is 15.2. The Morgan fingerprint density at radius 1 is 1.57 bits per heavy atom. The fourth-order valence-electron chi connectivity index (χ4n) is 1.67. The summed E-state index contributed by atoms with van der Waals surface area (Å²) in [4.78, 5) is 26.4. The molecule has 0 saturated heterocycles. The van der Waals surface area contributed by atoms with Crippen molar-refractivity contribution in [2.75, 3.05) is 12.3 Å². The molecule has 2 N–H and O–H groups in total. The lowest BCUT2D eigenvalue weighted by atomic mass is 10.1. The van der Waals surface area contributed by atoms with Gasteiger partial charge in [0.25, 0.3) is 5.69 Å². The van der Waals surface area contributed by atoms with Gasteiger partial charge in [0.05, 0.1) is 17.2 Å². The smallest absolute Gasteiger partial charge is 0.350 e. The van der Waals surface area contributed by atoms with Gasteiger partial charge in [0.2, 0.25) is 0 Å². The van der Waals surface area contributed by atoms with E-state index in [1.54, 1.807) is 6.92 Å². The summed E-state index contributed by atoms with van der Waals surface area (Å²) in [6.45, 7) is 1.88. The number of aromatic nitrogens is 1. The van der Waals surface area contributed by atoms with Crippen molar-refractivity contribution < 1.29 is 14.5 Å². The van der Waals surface area contributed by atoms with E-state index in [0.29, 0.717) is 5.56 Å². The van der Waals surface area contributed by atoms with Crippen LogP contribution < -0.4 is 5.73 Å². The Hall–Kier alpha value is -2.19. The second-order valence-electron chi connectivity index (χ2n) is 3.87. The van der Waals surface area contributed by atoms with Crippen molar-refractivity contribution in [3.05, 3.63) is 38.2 Å². The van der Waals surface area contributed by atoms with E-state index in [4.69, 9.17) is 22.1 Å². The zero-order valence-electron chi connectivity index (χ0n) is 10.8. The Labute approximate surface area is 128 Å². The minimum atomic E-state index is -0.606. The van der Waals surface area contributed by atoms with E-state index < -0.39 is 10.9 Å². The number of carbonyl (C=O) groups is 1. The van der Waals surface area contributed by atoms with Crippen molar-refractivity contribution >= 4 is 39.7 Å². The monoisotopic (exact) mass is 327 g/mol. The first-order valence-corrected chi connectivity index (χ1v) is 7.01. The van der Waals surface area contributed by atoms with Crippen LogP contribution in [0, 0.1) is 10.1 Å². The number of hydrogen-bond donors (Lipinski definition) is 1. The summed E-state index contributed by atoms with van der Waals surface area (Å²) in [6, 6.07) is 4.16. The van der Waals surface area contributed by atoms with Gasteiger partial charge in [-0.1, -0.05) is 29.0 Å². The highest BCUT2D eigenvalue weighted by Gasteiger charge is 2.22. The van der Waals surface area contributed by atoms with E-state index in [1.165, 1.54) is 18.2 Å². The molecule has 0 unspecified atom stereocenters. The van der Waals surface area contributed by atoms with Crippen molar-refractivity contribution in [3.63, 3.8) is 0 Å². The van der Waals surface area contributed by atoms with Gasteiger partial charge in [0.15, 0.2) is 5.13 Å².